The minimum atomic E-state index is -0.288. The first kappa shape index (κ1) is 15.2. The Morgan fingerprint density at radius 3 is 2.67 bits per heavy atom. The summed E-state index contributed by atoms with van der Waals surface area (Å²) < 4.78 is 0. The molecule has 0 aliphatic carbocycles. The lowest BCUT2D eigenvalue weighted by molar-refractivity contribution is 0.220. The van der Waals surface area contributed by atoms with Gasteiger partial charge in [-0.1, -0.05) is 35.9 Å². The van der Waals surface area contributed by atoms with Crippen LogP contribution in [-0.2, 0) is 6.54 Å². The summed E-state index contributed by atoms with van der Waals surface area (Å²) in [6.45, 7) is 2.24. The summed E-state index contributed by atoms with van der Waals surface area (Å²) in [5.74, 6) is 0.172. The van der Waals surface area contributed by atoms with Gasteiger partial charge in [-0.3, -0.25) is 0 Å². The van der Waals surface area contributed by atoms with Gasteiger partial charge in [0.15, 0.2) is 0 Å². The Labute approximate surface area is 129 Å². The molecule has 0 aliphatic rings. The minimum Gasteiger partial charge on any atom is -0.508 e. The molecule has 0 unspecified atom stereocenters. The number of carbonyl (C=O) groups excluding carboxylic acids is 1. The minimum absolute atomic E-state index is 0.172. The Morgan fingerprint density at radius 1 is 1.29 bits per heavy atom. The molecule has 0 fully saturated rings. The summed E-state index contributed by atoms with van der Waals surface area (Å²) in [5.41, 5.74) is 2.28. The van der Waals surface area contributed by atoms with E-state index in [1.165, 1.54) is 4.90 Å². The molecule has 2 N–H and O–H groups in total. The molecule has 0 aliphatic heterocycles. The number of aryl methyl sites for hydroxylation is 1. The lowest BCUT2D eigenvalue weighted by atomic mass is 10.2. The first-order valence-electron chi connectivity index (χ1n) is 6.52. The predicted molar refractivity (Wildman–Crippen MR) is 84.8 cm³/mol. The van der Waals surface area contributed by atoms with Crippen molar-refractivity contribution in [2.75, 3.05) is 12.4 Å². The van der Waals surface area contributed by atoms with Crippen LogP contribution in [0.25, 0.3) is 0 Å². The lowest BCUT2D eigenvalue weighted by Crippen LogP contribution is -2.30. The van der Waals surface area contributed by atoms with Crippen molar-refractivity contribution in [3.05, 3.63) is 58.6 Å². The maximum absolute atomic E-state index is 12.1. The molecule has 0 bridgehead atoms. The van der Waals surface area contributed by atoms with Crippen molar-refractivity contribution in [2.45, 2.75) is 13.5 Å². The Bertz CT molecular complexity index is 658. The fraction of sp³-hybridized carbons (Fsp3) is 0.188. The standard InChI is InChI=1S/C16H17ClN2O2/c1-11-7-8-14(13(17)9-11)18-16(21)19(2)10-12-5-3-4-6-15(12)20/h3-9,20H,10H2,1-2H3,(H,18,21). The van der Waals surface area contributed by atoms with Crippen molar-refractivity contribution >= 4 is 23.3 Å². The first-order valence-corrected chi connectivity index (χ1v) is 6.90. The summed E-state index contributed by atoms with van der Waals surface area (Å²) in [5, 5.41) is 13.0. The summed E-state index contributed by atoms with van der Waals surface area (Å²) in [6.07, 6.45) is 0. The number of hydrogen-bond acceptors (Lipinski definition) is 2. The van der Waals surface area contributed by atoms with Gasteiger partial charge in [0.1, 0.15) is 5.75 Å². The number of phenolic OH excluding ortho intramolecular Hbond substituents is 1. The molecule has 0 aromatic heterocycles. The van der Waals surface area contributed by atoms with E-state index in [1.54, 1.807) is 37.4 Å². The number of aromatic hydroxyl groups is 1. The van der Waals surface area contributed by atoms with Gasteiger partial charge in [0.05, 0.1) is 17.3 Å². The third kappa shape index (κ3) is 3.89. The molecule has 0 saturated carbocycles. The number of urea groups is 1. The van der Waals surface area contributed by atoms with Crippen LogP contribution in [0, 0.1) is 6.92 Å². The molecule has 2 aromatic carbocycles. The van der Waals surface area contributed by atoms with Crippen LogP contribution in [0.15, 0.2) is 42.5 Å². The Morgan fingerprint density at radius 2 is 2.00 bits per heavy atom. The number of benzene rings is 2. The van der Waals surface area contributed by atoms with Crippen molar-refractivity contribution in [1.82, 2.24) is 4.90 Å². The van der Waals surface area contributed by atoms with E-state index in [2.05, 4.69) is 5.32 Å². The second-order valence-electron chi connectivity index (χ2n) is 4.90. The molecule has 0 saturated heterocycles. The van der Waals surface area contributed by atoms with E-state index < -0.39 is 0 Å². The van der Waals surface area contributed by atoms with Crippen molar-refractivity contribution < 1.29 is 9.90 Å². The summed E-state index contributed by atoms with van der Waals surface area (Å²) in [6, 6.07) is 12.1. The molecular formula is C16H17ClN2O2. The van der Waals surface area contributed by atoms with E-state index in [-0.39, 0.29) is 11.8 Å². The highest BCUT2D eigenvalue weighted by Gasteiger charge is 2.12. The fourth-order valence-corrected chi connectivity index (χ4v) is 2.19. The van der Waals surface area contributed by atoms with Crippen molar-refractivity contribution in [1.29, 1.82) is 0 Å². The van der Waals surface area contributed by atoms with Gasteiger partial charge in [-0.15, -0.1) is 0 Å². The van der Waals surface area contributed by atoms with Crippen LogP contribution in [0.4, 0.5) is 10.5 Å². The highest BCUT2D eigenvalue weighted by molar-refractivity contribution is 6.33. The molecule has 2 rings (SSSR count). The average molecular weight is 305 g/mol. The Kier molecular flexibility index (Phi) is 4.70. The predicted octanol–water partition coefficient (Wildman–Crippen LogP) is 4.02. The Hall–Kier alpha value is -2.20. The van der Waals surface area contributed by atoms with Gasteiger partial charge in [0.25, 0.3) is 0 Å². The average Bonchev–Trinajstić information content (AvgIpc) is 2.44. The van der Waals surface area contributed by atoms with Gasteiger partial charge < -0.3 is 15.3 Å². The van der Waals surface area contributed by atoms with Crippen molar-refractivity contribution in [3.8, 4) is 5.75 Å². The normalized spacial score (nSPS) is 10.2. The zero-order valence-corrected chi connectivity index (χ0v) is 12.7. The smallest absolute Gasteiger partial charge is 0.321 e. The monoisotopic (exact) mass is 304 g/mol. The maximum atomic E-state index is 12.1. The molecule has 5 heteroatoms. The topological polar surface area (TPSA) is 52.6 Å². The van der Waals surface area contributed by atoms with Gasteiger partial charge in [-0.05, 0) is 30.7 Å². The molecule has 0 atom stereocenters. The van der Waals surface area contributed by atoms with Gasteiger partial charge >= 0.3 is 6.03 Å². The number of nitrogens with zero attached hydrogens (tertiary/aromatic N) is 1. The number of halogens is 1. The van der Waals surface area contributed by atoms with E-state index in [4.69, 9.17) is 11.6 Å². The number of phenols is 1. The summed E-state index contributed by atoms with van der Waals surface area (Å²) in [4.78, 5) is 13.6. The van der Waals surface area contributed by atoms with Crippen LogP contribution >= 0.6 is 11.6 Å². The van der Waals surface area contributed by atoms with E-state index in [9.17, 15) is 9.90 Å². The van der Waals surface area contributed by atoms with Crippen LogP contribution in [0.1, 0.15) is 11.1 Å². The molecular weight excluding hydrogens is 288 g/mol. The Balaban J connectivity index is 2.04. The van der Waals surface area contributed by atoms with Gasteiger partial charge in [-0.2, -0.15) is 0 Å². The highest BCUT2D eigenvalue weighted by Crippen LogP contribution is 2.23. The maximum Gasteiger partial charge on any atom is 0.321 e. The number of nitrogens with one attached hydrogen (secondary N) is 1. The number of carbonyl (C=O) groups is 1. The highest BCUT2D eigenvalue weighted by atomic mass is 35.5. The second kappa shape index (κ2) is 6.50. The molecule has 21 heavy (non-hydrogen) atoms. The van der Waals surface area contributed by atoms with Gasteiger partial charge in [0, 0.05) is 12.6 Å². The van der Waals surface area contributed by atoms with Gasteiger partial charge in [-0.25, -0.2) is 4.79 Å². The second-order valence-corrected chi connectivity index (χ2v) is 5.31. The fourth-order valence-electron chi connectivity index (χ4n) is 1.90. The lowest BCUT2D eigenvalue weighted by Gasteiger charge is -2.19. The molecule has 0 spiro atoms. The SMILES string of the molecule is Cc1ccc(NC(=O)N(C)Cc2ccccc2O)c(Cl)c1. The summed E-state index contributed by atoms with van der Waals surface area (Å²) in [7, 11) is 1.66. The van der Waals surface area contributed by atoms with Crippen LogP contribution in [0.2, 0.25) is 5.02 Å². The molecule has 4 nitrogen and oxygen atoms in total. The van der Waals surface area contributed by atoms with Crippen molar-refractivity contribution in [3.63, 3.8) is 0 Å². The zero-order valence-electron chi connectivity index (χ0n) is 11.9. The number of amides is 2. The summed E-state index contributed by atoms with van der Waals surface area (Å²) >= 11 is 6.09. The van der Waals surface area contributed by atoms with Crippen molar-refractivity contribution in [2.24, 2.45) is 0 Å². The zero-order chi connectivity index (χ0) is 15.4. The van der Waals surface area contributed by atoms with Crippen LogP contribution in [0.5, 0.6) is 5.75 Å². The first-order chi connectivity index (χ1) is 9.97. The third-order valence-corrected chi connectivity index (χ3v) is 3.42. The molecule has 0 heterocycles. The van der Waals surface area contributed by atoms with Crippen LogP contribution in [0.3, 0.4) is 0 Å². The molecule has 2 aromatic rings. The molecule has 110 valence electrons. The van der Waals surface area contributed by atoms with Crippen LogP contribution < -0.4 is 5.32 Å². The van der Waals surface area contributed by atoms with Crippen LogP contribution in [-0.4, -0.2) is 23.1 Å². The third-order valence-electron chi connectivity index (χ3n) is 3.11. The molecule has 2 amide bonds. The van der Waals surface area contributed by atoms with E-state index >= 15 is 0 Å². The quantitative estimate of drug-likeness (QED) is 0.900. The number of anilines is 1. The number of hydrogen-bond donors (Lipinski definition) is 2. The van der Waals surface area contributed by atoms with E-state index in [0.717, 1.165) is 5.56 Å². The van der Waals surface area contributed by atoms with Gasteiger partial charge in [0.2, 0.25) is 0 Å². The largest absolute Gasteiger partial charge is 0.508 e. The van der Waals surface area contributed by atoms with E-state index in [1.807, 2.05) is 19.1 Å². The van der Waals surface area contributed by atoms with E-state index in [0.29, 0.717) is 22.8 Å². The molecule has 0 radical (unpaired) electrons. The number of rotatable bonds is 3. The number of para-hydroxylation sites is 1.